The fourth-order valence-electron chi connectivity index (χ4n) is 1.57. The third-order valence-electron chi connectivity index (χ3n) is 2.35. The van der Waals surface area contributed by atoms with Crippen molar-refractivity contribution in [2.75, 3.05) is 6.61 Å². The number of hydrogen-bond donors (Lipinski definition) is 2. The summed E-state index contributed by atoms with van der Waals surface area (Å²) in [5.41, 5.74) is 0. The van der Waals surface area contributed by atoms with Crippen LogP contribution >= 0.6 is 0 Å². The molecule has 2 rings (SSSR count). The molecule has 1 atom stereocenters. The largest absolute Gasteiger partial charge is 0.508 e. The molecule has 0 saturated carbocycles. The number of phenols is 1. The van der Waals surface area contributed by atoms with Gasteiger partial charge in [0.05, 0.1) is 6.04 Å². The number of benzene rings is 1. The van der Waals surface area contributed by atoms with E-state index in [-0.39, 0.29) is 17.7 Å². The van der Waals surface area contributed by atoms with E-state index >= 15 is 0 Å². The van der Waals surface area contributed by atoms with Crippen molar-refractivity contribution in [1.82, 2.24) is 5.32 Å². The first kappa shape index (κ1) is 9.83. The highest BCUT2D eigenvalue weighted by Crippen LogP contribution is 2.18. The number of carbonyl (C=O) groups is 1. The monoisotopic (exact) mass is 207 g/mol. The third-order valence-corrected chi connectivity index (χ3v) is 2.35. The number of nitrogens with one attached hydrogen (secondary N) is 1. The zero-order valence-corrected chi connectivity index (χ0v) is 8.27. The minimum Gasteiger partial charge on any atom is -0.508 e. The van der Waals surface area contributed by atoms with Crippen LogP contribution in [0.5, 0.6) is 11.5 Å². The smallest absolute Gasteiger partial charge is 0.220 e. The minimum atomic E-state index is 0.0829. The second-order valence-corrected chi connectivity index (χ2v) is 3.61. The molecular weight excluding hydrogens is 194 g/mol. The number of hydrogen-bond acceptors (Lipinski definition) is 3. The van der Waals surface area contributed by atoms with Crippen LogP contribution in [0, 0.1) is 0 Å². The molecule has 80 valence electrons. The van der Waals surface area contributed by atoms with Gasteiger partial charge < -0.3 is 15.2 Å². The Balaban J connectivity index is 1.85. The fourth-order valence-corrected chi connectivity index (χ4v) is 1.57. The number of aromatic hydroxyl groups is 1. The molecule has 0 bridgehead atoms. The van der Waals surface area contributed by atoms with Crippen molar-refractivity contribution < 1.29 is 14.6 Å². The van der Waals surface area contributed by atoms with Crippen molar-refractivity contribution in [3.8, 4) is 11.5 Å². The van der Waals surface area contributed by atoms with E-state index in [9.17, 15) is 9.90 Å². The number of amides is 1. The molecule has 15 heavy (non-hydrogen) atoms. The van der Waals surface area contributed by atoms with E-state index in [1.165, 1.54) is 0 Å². The summed E-state index contributed by atoms with van der Waals surface area (Å²) < 4.78 is 5.44. The predicted molar refractivity (Wildman–Crippen MR) is 54.8 cm³/mol. The summed E-state index contributed by atoms with van der Waals surface area (Å²) in [5, 5.41) is 12.0. The van der Waals surface area contributed by atoms with Gasteiger partial charge in [0.2, 0.25) is 5.91 Å². The van der Waals surface area contributed by atoms with Gasteiger partial charge in [0.1, 0.15) is 18.1 Å². The van der Waals surface area contributed by atoms with Gasteiger partial charge in [0.15, 0.2) is 0 Å². The number of ether oxygens (including phenoxy) is 1. The number of phenolic OH excluding ortho intramolecular Hbond substituents is 1. The van der Waals surface area contributed by atoms with Crippen LogP contribution in [0.2, 0.25) is 0 Å². The zero-order chi connectivity index (χ0) is 10.7. The van der Waals surface area contributed by atoms with Gasteiger partial charge in [-0.25, -0.2) is 0 Å². The van der Waals surface area contributed by atoms with Crippen LogP contribution in [0.4, 0.5) is 0 Å². The van der Waals surface area contributed by atoms with Crippen molar-refractivity contribution >= 4 is 5.91 Å². The molecule has 1 aromatic rings. The van der Waals surface area contributed by atoms with E-state index in [1.807, 2.05) is 0 Å². The van der Waals surface area contributed by atoms with Crippen molar-refractivity contribution in [3.63, 3.8) is 0 Å². The Kier molecular flexibility index (Phi) is 2.76. The maximum Gasteiger partial charge on any atom is 0.220 e. The second-order valence-electron chi connectivity index (χ2n) is 3.61. The van der Waals surface area contributed by atoms with E-state index < -0.39 is 0 Å². The lowest BCUT2D eigenvalue weighted by atomic mass is 10.2. The van der Waals surface area contributed by atoms with Gasteiger partial charge in [-0.05, 0) is 18.6 Å². The lowest BCUT2D eigenvalue weighted by Crippen LogP contribution is -2.30. The molecule has 1 aliphatic heterocycles. The van der Waals surface area contributed by atoms with Gasteiger partial charge in [-0.2, -0.15) is 0 Å². The minimum absolute atomic E-state index is 0.0829. The van der Waals surface area contributed by atoms with Crippen molar-refractivity contribution in [2.45, 2.75) is 18.9 Å². The van der Waals surface area contributed by atoms with Crippen LogP contribution in [0.3, 0.4) is 0 Å². The molecule has 1 unspecified atom stereocenters. The van der Waals surface area contributed by atoms with E-state index in [4.69, 9.17) is 4.74 Å². The molecule has 1 heterocycles. The molecule has 1 aromatic carbocycles. The van der Waals surface area contributed by atoms with Crippen molar-refractivity contribution in [3.05, 3.63) is 24.3 Å². The van der Waals surface area contributed by atoms with E-state index in [1.54, 1.807) is 24.3 Å². The topological polar surface area (TPSA) is 58.6 Å². The van der Waals surface area contributed by atoms with Gasteiger partial charge in [-0.15, -0.1) is 0 Å². The van der Waals surface area contributed by atoms with Gasteiger partial charge in [0.25, 0.3) is 0 Å². The molecule has 0 aliphatic carbocycles. The lowest BCUT2D eigenvalue weighted by molar-refractivity contribution is -0.119. The first-order valence-corrected chi connectivity index (χ1v) is 4.95. The van der Waals surface area contributed by atoms with Crippen LogP contribution in [0.15, 0.2) is 24.3 Å². The van der Waals surface area contributed by atoms with Crippen LogP contribution in [-0.2, 0) is 4.79 Å². The zero-order valence-electron chi connectivity index (χ0n) is 8.27. The summed E-state index contributed by atoms with van der Waals surface area (Å²) in [5.74, 6) is 0.888. The predicted octanol–water partition coefficient (Wildman–Crippen LogP) is 1.05. The summed E-state index contributed by atoms with van der Waals surface area (Å²) in [6, 6.07) is 6.73. The summed E-state index contributed by atoms with van der Waals surface area (Å²) in [4.78, 5) is 10.9. The van der Waals surface area contributed by atoms with Crippen molar-refractivity contribution in [1.29, 1.82) is 0 Å². The Morgan fingerprint density at radius 2 is 2.40 bits per heavy atom. The summed E-state index contributed by atoms with van der Waals surface area (Å²) in [7, 11) is 0. The molecule has 1 saturated heterocycles. The lowest BCUT2D eigenvalue weighted by Gasteiger charge is -2.11. The average molecular weight is 207 g/mol. The maximum atomic E-state index is 10.9. The quantitative estimate of drug-likeness (QED) is 0.778. The molecule has 1 amide bonds. The van der Waals surface area contributed by atoms with Gasteiger partial charge >= 0.3 is 0 Å². The normalized spacial score (nSPS) is 20.0. The third kappa shape index (κ3) is 2.62. The van der Waals surface area contributed by atoms with Crippen LogP contribution in [0.25, 0.3) is 0 Å². The molecule has 4 heteroatoms. The number of carbonyl (C=O) groups excluding carboxylic acids is 1. The second kappa shape index (κ2) is 4.21. The SMILES string of the molecule is O=C1CCC(COc2cccc(O)c2)N1. The molecule has 2 N–H and O–H groups in total. The first-order valence-electron chi connectivity index (χ1n) is 4.95. The van der Waals surface area contributed by atoms with Crippen LogP contribution < -0.4 is 10.1 Å². The molecule has 4 nitrogen and oxygen atoms in total. The average Bonchev–Trinajstić information content (AvgIpc) is 2.62. The molecule has 1 fully saturated rings. The van der Waals surface area contributed by atoms with Crippen molar-refractivity contribution in [2.24, 2.45) is 0 Å². The standard InChI is InChI=1S/C11H13NO3/c13-9-2-1-3-10(6-9)15-7-8-4-5-11(14)12-8/h1-3,6,8,13H,4-5,7H2,(H,12,14). The molecular formula is C11H13NO3. The van der Waals surface area contributed by atoms with Gasteiger partial charge in [0, 0.05) is 12.5 Å². The Morgan fingerprint density at radius 3 is 3.07 bits per heavy atom. The van der Waals surface area contributed by atoms with E-state index in [0.29, 0.717) is 18.8 Å². The highest BCUT2D eigenvalue weighted by molar-refractivity contribution is 5.78. The molecule has 0 spiro atoms. The van der Waals surface area contributed by atoms with Gasteiger partial charge in [-0.1, -0.05) is 6.07 Å². The summed E-state index contributed by atoms with van der Waals surface area (Å²) in [6.07, 6.45) is 1.39. The molecule has 0 radical (unpaired) electrons. The first-order chi connectivity index (χ1) is 7.24. The fraction of sp³-hybridized carbons (Fsp3) is 0.364. The maximum absolute atomic E-state index is 10.9. The summed E-state index contributed by atoms with van der Waals surface area (Å²) in [6.45, 7) is 0.454. The van der Waals surface area contributed by atoms with Gasteiger partial charge in [-0.3, -0.25) is 4.79 Å². The highest BCUT2D eigenvalue weighted by atomic mass is 16.5. The summed E-state index contributed by atoms with van der Waals surface area (Å²) >= 11 is 0. The Bertz CT molecular complexity index is 365. The van der Waals surface area contributed by atoms with Crippen LogP contribution in [0.1, 0.15) is 12.8 Å². The Labute approximate surface area is 87.9 Å². The Hall–Kier alpha value is -1.71. The highest BCUT2D eigenvalue weighted by Gasteiger charge is 2.20. The number of rotatable bonds is 3. The molecule has 0 aromatic heterocycles. The molecule has 1 aliphatic rings. The van der Waals surface area contributed by atoms with E-state index in [0.717, 1.165) is 6.42 Å². The van der Waals surface area contributed by atoms with E-state index in [2.05, 4.69) is 5.32 Å². The van der Waals surface area contributed by atoms with Crippen LogP contribution in [-0.4, -0.2) is 23.7 Å². The Morgan fingerprint density at radius 1 is 1.53 bits per heavy atom.